The summed E-state index contributed by atoms with van der Waals surface area (Å²) in [6.07, 6.45) is 0. The van der Waals surface area contributed by atoms with E-state index in [-0.39, 0.29) is 12.3 Å². The monoisotopic (exact) mass is 392 g/mol. The number of methoxy groups -OCH3 is 1. The van der Waals surface area contributed by atoms with Gasteiger partial charge in [-0.2, -0.15) is 9.36 Å². The Morgan fingerprint density at radius 2 is 2.00 bits per heavy atom. The lowest BCUT2D eigenvalue weighted by Gasteiger charge is -2.15. The molecule has 0 radical (unpaired) electrons. The fraction of sp³-hybridized carbons (Fsp3) is 0.235. The molecular formula is C17H17ClN4O3S. The SMILES string of the molecule is COc1cccc(-n2nnn(C)c2=O)c1COc1cc(Cl)c(S)cc1C. The Balaban J connectivity index is 2.01. The summed E-state index contributed by atoms with van der Waals surface area (Å²) in [5.74, 6) is 1.20. The van der Waals surface area contributed by atoms with Crippen molar-refractivity contribution in [2.24, 2.45) is 7.05 Å². The molecule has 0 aliphatic heterocycles. The van der Waals surface area contributed by atoms with Gasteiger partial charge in [-0.15, -0.1) is 12.6 Å². The van der Waals surface area contributed by atoms with Gasteiger partial charge in [0.05, 0.1) is 23.4 Å². The molecule has 136 valence electrons. The molecule has 3 aromatic rings. The number of hydrogen-bond donors (Lipinski definition) is 1. The molecule has 26 heavy (non-hydrogen) atoms. The Bertz CT molecular complexity index is 1020. The third-order valence-corrected chi connectivity index (χ3v) is 4.71. The second-order valence-corrected chi connectivity index (χ2v) is 6.50. The first-order valence-corrected chi connectivity index (χ1v) is 8.52. The lowest BCUT2D eigenvalue weighted by atomic mass is 10.1. The van der Waals surface area contributed by atoms with Gasteiger partial charge in [-0.25, -0.2) is 4.79 Å². The highest BCUT2D eigenvalue weighted by molar-refractivity contribution is 7.80. The number of nitrogens with zero attached hydrogens (tertiary/aromatic N) is 4. The molecule has 1 heterocycles. The van der Waals surface area contributed by atoms with Crippen LogP contribution in [0, 0.1) is 6.92 Å². The molecule has 9 heteroatoms. The molecule has 0 atom stereocenters. The van der Waals surface area contributed by atoms with Gasteiger partial charge in [0.25, 0.3) is 0 Å². The number of tetrazole rings is 1. The number of rotatable bonds is 5. The Kier molecular flexibility index (Phi) is 5.24. The molecule has 0 spiro atoms. The summed E-state index contributed by atoms with van der Waals surface area (Å²) >= 11 is 10.4. The van der Waals surface area contributed by atoms with Crippen molar-refractivity contribution in [1.82, 2.24) is 19.8 Å². The maximum absolute atomic E-state index is 12.2. The zero-order chi connectivity index (χ0) is 18.8. The maximum atomic E-state index is 12.2. The third-order valence-electron chi connectivity index (χ3n) is 3.89. The van der Waals surface area contributed by atoms with Crippen molar-refractivity contribution in [2.45, 2.75) is 18.4 Å². The molecule has 0 fully saturated rings. The van der Waals surface area contributed by atoms with Crippen molar-refractivity contribution in [1.29, 1.82) is 0 Å². The van der Waals surface area contributed by atoms with Gasteiger partial charge in [0.15, 0.2) is 0 Å². The molecule has 0 aliphatic rings. The summed E-state index contributed by atoms with van der Waals surface area (Å²) in [6.45, 7) is 2.06. The van der Waals surface area contributed by atoms with Crippen molar-refractivity contribution < 1.29 is 9.47 Å². The van der Waals surface area contributed by atoms with E-state index in [2.05, 4.69) is 23.1 Å². The first kappa shape index (κ1) is 18.3. The number of benzene rings is 2. The minimum atomic E-state index is -0.363. The smallest absolute Gasteiger partial charge is 0.368 e. The fourth-order valence-electron chi connectivity index (χ4n) is 2.51. The zero-order valence-electron chi connectivity index (χ0n) is 14.4. The number of aryl methyl sites for hydroxylation is 2. The summed E-state index contributed by atoms with van der Waals surface area (Å²) in [5.41, 5.74) is 1.74. The van der Waals surface area contributed by atoms with Crippen LogP contribution in [0.3, 0.4) is 0 Å². The Hall–Kier alpha value is -2.45. The van der Waals surface area contributed by atoms with Crippen LogP contribution < -0.4 is 15.2 Å². The third kappa shape index (κ3) is 3.42. The summed E-state index contributed by atoms with van der Waals surface area (Å²) in [7, 11) is 3.09. The lowest BCUT2D eigenvalue weighted by molar-refractivity contribution is 0.294. The summed E-state index contributed by atoms with van der Waals surface area (Å²) in [4.78, 5) is 12.9. The van der Waals surface area contributed by atoms with Crippen LogP contribution in [-0.4, -0.2) is 26.9 Å². The predicted molar refractivity (Wildman–Crippen MR) is 101 cm³/mol. The van der Waals surface area contributed by atoms with E-state index in [4.69, 9.17) is 21.1 Å². The Morgan fingerprint density at radius 3 is 2.65 bits per heavy atom. The van der Waals surface area contributed by atoms with Crippen LogP contribution in [0.5, 0.6) is 11.5 Å². The first-order valence-electron chi connectivity index (χ1n) is 7.69. The molecule has 7 nitrogen and oxygen atoms in total. The van der Waals surface area contributed by atoms with Crippen LogP contribution in [0.15, 0.2) is 40.0 Å². The summed E-state index contributed by atoms with van der Waals surface area (Å²) < 4.78 is 13.7. The highest BCUT2D eigenvalue weighted by Crippen LogP contribution is 2.31. The van der Waals surface area contributed by atoms with E-state index in [0.29, 0.717) is 32.7 Å². The first-order chi connectivity index (χ1) is 12.4. The Labute approximate surface area is 160 Å². The van der Waals surface area contributed by atoms with E-state index < -0.39 is 0 Å². The molecule has 0 unspecified atom stereocenters. The zero-order valence-corrected chi connectivity index (χ0v) is 16.1. The van der Waals surface area contributed by atoms with E-state index in [1.807, 2.05) is 13.0 Å². The largest absolute Gasteiger partial charge is 0.496 e. The van der Waals surface area contributed by atoms with Crippen molar-refractivity contribution in [3.8, 4) is 17.2 Å². The lowest BCUT2D eigenvalue weighted by Crippen LogP contribution is -2.23. The fourth-order valence-corrected chi connectivity index (χ4v) is 2.92. The molecule has 0 saturated heterocycles. The van der Waals surface area contributed by atoms with E-state index >= 15 is 0 Å². The normalized spacial score (nSPS) is 10.8. The molecule has 0 saturated carbocycles. The summed E-state index contributed by atoms with van der Waals surface area (Å²) in [6, 6.07) is 8.87. The van der Waals surface area contributed by atoms with Gasteiger partial charge in [-0.05, 0) is 41.1 Å². The van der Waals surface area contributed by atoms with Crippen LogP contribution in [-0.2, 0) is 13.7 Å². The van der Waals surface area contributed by atoms with Crippen molar-refractivity contribution in [3.05, 3.63) is 57.0 Å². The number of halogens is 1. The van der Waals surface area contributed by atoms with Crippen molar-refractivity contribution in [2.75, 3.05) is 7.11 Å². The maximum Gasteiger partial charge on any atom is 0.368 e. The van der Waals surface area contributed by atoms with E-state index in [1.54, 1.807) is 31.4 Å². The van der Waals surface area contributed by atoms with Crippen LogP contribution in [0.25, 0.3) is 5.69 Å². The van der Waals surface area contributed by atoms with E-state index in [0.717, 1.165) is 10.2 Å². The van der Waals surface area contributed by atoms with Crippen LogP contribution in [0.4, 0.5) is 0 Å². The highest BCUT2D eigenvalue weighted by atomic mass is 35.5. The highest BCUT2D eigenvalue weighted by Gasteiger charge is 2.16. The van der Waals surface area contributed by atoms with Crippen LogP contribution in [0.1, 0.15) is 11.1 Å². The van der Waals surface area contributed by atoms with Gasteiger partial charge < -0.3 is 9.47 Å². The number of hydrogen-bond acceptors (Lipinski definition) is 6. The van der Waals surface area contributed by atoms with Gasteiger partial charge in [0.2, 0.25) is 0 Å². The average Bonchev–Trinajstić information content (AvgIpc) is 2.95. The minimum Gasteiger partial charge on any atom is -0.496 e. The van der Waals surface area contributed by atoms with E-state index in [1.165, 1.54) is 11.7 Å². The Morgan fingerprint density at radius 1 is 1.23 bits per heavy atom. The molecule has 1 aromatic heterocycles. The van der Waals surface area contributed by atoms with E-state index in [9.17, 15) is 4.79 Å². The van der Waals surface area contributed by atoms with Gasteiger partial charge in [0.1, 0.15) is 18.1 Å². The average molecular weight is 393 g/mol. The van der Waals surface area contributed by atoms with Gasteiger partial charge in [0, 0.05) is 18.0 Å². The topological polar surface area (TPSA) is 71.2 Å². The molecule has 0 aliphatic carbocycles. The second-order valence-electron chi connectivity index (χ2n) is 5.61. The van der Waals surface area contributed by atoms with Crippen LogP contribution >= 0.6 is 24.2 Å². The second kappa shape index (κ2) is 7.43. The predicted octanol–water partition coefficient (Wildman–Crippen LogP) is 2.80. The molecule has 0 N–H and O–H groups in total. The summed E-state index contributed by atoms with van der Waals surface area (Å²) in [5, 5.41) is 8.15. The molecule has 2 aromatic carbocycles. The van der Waals surface area contributed by atoms with Gasteiger partial charge >= 0.3 is 5.69 Å². The molecule has 3 rings (SSSR count). The van der Waals surface area contributed by atoms with Crippen molar-refractivity contribution in [3.63, 3.8) is 0 Å². The molecule has 0 amide bonds. The van der Waals surface area contributed by atoms with Gasteiger partial charge in [-0.1, -0.05) is 17.7 Å². The molecule has 0 bridgehead atoms. The van der Waals surface area contributed by atoms with Crippen LogP contribution in [0.2, 0.25) is 5.02 Å². The van der Waals surface area contributed by atoms with Gasteiger partial charge in [-0.3, -0.25) is 0 Å². The molecular weight excluding hydrogens is 376 g/mol. The minimum absolute atomic E-state index is 0.158. The standard InChI is InChI=1S/C17H17ClN4O3S/c1-10-7-16(26)12(18)8-15(10)25-9-11-13(5-4-6-14(11)24-3)22-17(23)21(2)19-20-22/h4-8,26H,9H2,1-3H3. The number of aromatic nitrogens is 4. The number of ether oxygens (including phenoxy) is 2. The quantitative estimate of drug-likeness (QED) is 0.676. The van der Waals surface area contributed by atoms with Crippen molar-refractivity contribution >= 4 is 24.2 Å². The number of thiol groups is 1.